The molecule has 0 atom stereocenters. The minimum absolute atomic E-state index is 0.128. The Kier molecular flexibility index (Phi) is 3.13. The van der Waals surface area contributed by atoms with Gasteiger partial charge in [-0.05, 0) is 44.2 Å². The van der Waals surface area contributed by atoms with Crippen molar-refractivity contribution in [2.45, 2.75) is 19.4 Å². The molecular weight excluding hydrogens is 280 g/mol. The number of benzene rings is 1. The summed E-state index contributed by atoms with van der Waals surface area (Å²) in [6.45, 7) is 3.78. The van der Waals surface area contributed by atoms with Crippen molar-refractivity contribution in [2.75, 3.05) is 0 Å². The fraction of sp³-hybridized carbons (Fsp3) is 0.176. The molecule has 1 aromatic carbocycles. The van der Waals surface area contributed by atoms with Crippen LogP contribution in [0.15, 0.2) is 53.5 Å². The average molecular weight is 296 g/mol. The van der Waals surface area contributed by atoms with Crippen LogP contribution in [-0.2, 0) is 0 Å². The maximum atomic E-state index is 12.1. The van der Waals surface area contributed by atoms with Crippen LogP contribution >= 0.6 is 0 Å². The van der Waals surface area contributed by atoms with Crippen LogP contribution in [0, 0.1) is 0 Å². The van der Waals surface area contributed by atoms with E-state index in [9.17, 15) is 9.59 Å². The fourth-order valence-corrected chi connectivity index (χ4v) is 2.52. The Labute approximate surface area is 127 Å². The maximum absolute atomic E-state index is 12.1. The zero-order valence-corrected chi connectivity index (χ0v) is 12.4. The Bertz CT molecular complexity index is 847. The minimum Gasteiger partial charge on any atom is -0.483 e. The number of nitrogens with zero attached hydrogens (tertiary/aromatic N) is 1. The molecule has 22 heavy (non-hydrogen) atoms. The van der Waals surface area contributed by atoms with E-state index in [4.69, 9.17) is 10.5 Å². The van der Waals surface area contributed by atoms with Gasteiger partial charge in [0.2, 0.25) is 5.91 Å². The number of hydrogen-bond acceptors (Lipinski definition) is 3. The molecule has 2 N–H and O–H groups in total. The standard InChI is InChI=1S/C17H16N2O3/c1-17(2)10-13(19-8-4-3-5-15(19)20)12-7-6-11(16(18)21)9-14(12)22-17/h3-10H,1-2H3,(H2,18,21). The van der Waals surface area contributed by atoms with Crippen LogP contribution in [-0.4, -0.2) is 16.1 Å². The smallest absolute Gasteiger partial charge is 0.255 e. The number of primary amides is 1. The van der Waals surface area contributed by atoms with Crippen molar-refractivity contribution in [1.82, 2.24) is 4.57 Å². The van der Waals surface area contributed by atoms with Gasteiger partial charge < -0.3 is 10.5 Å². The van der Waals surface area contributed by atoms with Gasteiger partial charge in [-0.3, -0.25) is 14.2 Å². The Morgan fingerprint density at radius 2 is 2.00 bits per heavy atom. The number of ether oxygens (including phenoxy) is 1. The first-order chi connectivity index (χ1) is 10.4. The number of carbonyl (C=O) groups excluding carboxylic acids is 1. The molecule has 3 rings (SSSR count). The average Bonchev–Trinajstić information content (AvgIpc) is 2.45. The summed E-state index contributed by atoms with van der Waals surface area (Å²) in [5, 5.41) is 0. The zero-order valence-electron chi connectivity index (χ0n) is 12.4. The van der Waals surface area contributed by atoms with Crippen LogP contribution < -0.4 is 16.0 Å². The molecule has 5 heteroatoms. The van der Waals surface area contributed by atoms with Crippen LogP contribution in [0.4, 0.5) is 0 Å². The van der Waals surface area contributed by atoms with Crippen LogP contribution in [0.2, 0.25) is 0 Å². The second kappa shape index (κ2) is 4.87. The Morgan fingerprint density at radius 3 is 2.68 bits per heavy atom. The summed E-state index contributed by atoms with van der Waals surface area (Å²) in [7, 11) is 0. The summed E-state index contributed by atoms with van der Waals surface area (Å²) >= 11 is 0. The highest BCUT2D eigenvalue weighted by atomic mass is 16.5. The lowest BCUT2D eigenvalue weighted by Crippen LogP contribution is -2.32. The topological polar surface area (TPSA) is 74.3 Å². The van der Waals surface area contributed by atoms with Crippen molar-refractivity contribution in [3.8, 4) is 5.75 Å². The number of fused-ring (bicyclic) bond motifs is 1. The fourth-order valence-electron chi connectivity index (χ4n) is 2.52. The maximum Gasteiger partial charge on any atom is 0.255 e. The molecular formula is C17H16N2O3. The number of rotatable bonds is 2. The van der Waals surface area contributed by atoms with E-state index >= 15 is 0 Å². The molecule has 0 unspecified atom stereocenters. The Hall–Kier alpha value is -2.82. The van der Waals surface area contributed by atoms with Crippen molar-refractivity contribution < 1.29 is 9.53 Å². The number of pyridine rings is 1. The van der Waals surface area contributed by atoms with E-state index in [1.165, 1.54) is 6.07 Å². The highest BCUT2D eigenvalue weighted by molar-refractivity contribution is 5.94. The number of hydrogen-bond donors (Lipinski definition) is 1. The van der Waals surface area contributed by atoms with Gasteiger partial charge in [0.25, 0.3) is 5.56 Å². The summed E-state index contributed by atoms with van der Waals surface area (Å²) in [4.78, 5) is 23.5. The zero-order chi connectivity index (χ0) is 15.9. The summed E-state index contributed by atoms with van der Waals surface area (Å²) < 4.78 is 7.46. The van der Waals surface area contributed by atoms with Crippen molar-refractivity contribution in [2.24, 2.45) is 5.73 Å². The van der Waals surface area contributed by atoms with Crippen molar-refractivity contribution in [1.29, 1.82) is 0 Å². The third-order valence-electron chi connectivity index (χ3n) is 3.48. The molecule has 0 aliphatic carbocycles. The monoisotopic (exact) mass is 296 g/mol. The molecule has 1 aromatic heterocycles. The summed E-state index contributed by atoms with van der Waals surface area (Å²) in [6.07, 6.45) is 3.60. The molecule has 2 heterocycles. The van der Waals surface area contributed by atoms with Gasteiger partial charge in [0, 0.05) is 23.4 Å². The van der Waals surface area contributed by atoms with E-state index in [0.717, 1.165) is 11.3 Å². The molecule has 0 saturated carbocycles. The van der Waals surface area contributed by atoms with Gasteiger partial charge in [0.1, 0.15) is 11.4 Å². The number of nitrogens with two attached hydrogens (primary N) is 1. The van der Waals surface area contributed by atoms with Gasteiger partial charge in [0.15, 0.2) is 0 Å². The van der Waals surface area contributed by atoms with Gasteiger partial charge in [-0.25, -0.2) is 0 Å². The van der Waals surface area contributed by atoms with Crippen molar-refractivity contribution in [3.05, 3.63) is 70.2 Å². The van der Waals surface area contributed by atoms with Gasteiger partial charge in [0.05, 0.1) is 5.70 Å². The quantitative estimate of drug-likeness (QED) is 0.921. The minimum atomic E-state index is -0.603. The Balaban J connectivity index is 2.23. The SMILES string of the molecule is CC1(C)C=C(n2ccccc2=O)c2ccc(C(N)=O)cc2O1. The van der Waals surface area contributed by atoms with Crippen LogP contribution in [0.25, 0.3) is 5.70 Å². The number of amides is 1. The van der Waals surface area contributed by atoms with Gasteiger partial charge in [-0.15, -0.1) is 0 Å². The molecule has 1 amide bonds. The molecule has 0 saturated heterocycles. The molecule has 0 spiro atoms. The summed E-state index contributed by atoms with van der Waals surface area (Å²) in [5.41, 5.74) is 6.44. The van der Waals surface area contributed by atoms with Crippen molar-refractivity contribution in [3.63, 3.8) is 0 Å². The lowest BCUT2D eigenvalue weighted by Gasteiger charge is -2.31. The van der Waals surface area contributed by atoms with Gasteiger partial charge in [-0.2, -0.15) is 0 Å². The van der Waals surface area contributed by atoms with Gasteiger partial charge >= 0.3 is 0 Å². The lowest BCUT2D eigenvalue weighted by atomic mass is 9.97. The van der Waals surface area contributed by atoms with E-state index in [2.05, 4.69) is 0 Å². The number of carbonyl (C=O) groups is 1. The van der Waals surface area contributed by atoms with E-state index in [-0.39, 0.29) is 5.56 Å². The third kappa shape index (κ3) is 2.41. The molecule has 1 aliphatic rings. The molecule has 112 valence electrons. The van der Waals surface area contributed by atoms with Crippen molar-refractivity contribution >= 4 is 11.6 Å². The molecule has 0 fully saturated rings. The third-order valence-corrected chi connectivity index (χ3v) is 3.48. The van der Waals surface area contributed by atoms with Crippen LogP contribution in [0.5, 0.6) is 5.75 Å². The summed E-state index contributed by atoms with van der Waals surface area (Å²) in [6, 6.07) is 9.98. The van der Waals surface area contributed by atoms with Gasteiger partial charge in [-0.1, -0.05) is 6.07 Å². The normalized spacial score (nSPS) is 15.5. The predicted molar refractivity (Wildman–Crippen MR) is 83.7 cm³/mol. The molecule has 0 bridgehead atoms. The second-order valence-electron chi connectivity index (χ2n) is 5.72. The first-order valence-electron chi connectivity index (χ1n) is 6.91. The van der Waals surface area contributed by atoms with E-state index in [0.29, 0.717) is 11.3 Å². The highest BCUT2D eigenvalue weighted by Gasteiger charge is 2.28. The molecule has 2 aromatic rings. The number of aromatic nitrogens is 1. The first-order valence-corrected chi connectivity index (χ1v) is 6.91. The van der Waals surface area contributed by atoms with Crippen LogP contribution in [0.1, 0.15) is 29.8 Å². The van der Waals surface area contributed by atoms with E-state index in [1.807, 2.05) is 19.9 Å². The lowest BCUT2D eigenvalue weighted by molar-refractivity contribution is 0.0998. The van der Waals surface area contributed by atoms with E-state index in [1.54, 1.807) is 41.1 Å². The largest absolute Gasteiger partial charge is 0.483 e. The summed E-state index contributed by atoms with van der Waals surface area (Å²) in [5.74, 6) is 0.0201. The molecule has 5 nitrogen and oxygen atoms in total. The molecule has 1 aliphatic heterocycles. The second-order valence-corrected chi connectivity index (χ2v) is 5.72. The highest BCUT2D eigenvalue weighted by Crippen LogP contribution is 2.36. The molecule has 0 radical (unpaired) electrons. The first kappa shape index (κ1) is 14.1. The Morgan fingerprint density at radius 1 is 1.23 bits per heavy atom. The van der Waals surface area contributed by atoms with Crippen LogP contribution in [0.3, 0.4) is 0 Å². The van der Waals surface area contributed by atoms with E-state index < -0.39 is 11.5 Å². The predicted octanol–water partition coefficient (Wildman–Crippen LogP) is 2.01.